The van der Waals surface area contributed by atoms with Crippen LogP contribution in [0, 0.1) is 0 Å². The number of rotatable bonds is 1. The summed E-state index contributed by atoms with van der Waals surface area (Å²) < 4.78 is 0. The van der Waals surface area contributed by atoms with Gasteiger partial charge < -0.3 is 10.0 Å². The molecule has 57 valence electrons. The highest BCUT2D eigenvalue weighted by Gasteiger charge is 2.14. The smallest absolute Gasteiger partial charge is 0.248 e. The van der Waals surface area contributed by atoms with Gasteiger partial charge in [0.2, 0.25) is 5.91 Å². The van der Waals surface area contributed by atoms with Gasteiger partial charge in [-0.3, -0.25) is 4.79 Å². The van der Waals surface area contributed by atoms with Gasteiger partial charge in [-0.2, -0.15) is 0 Å². The highest BCUT2D eigenvalue weighted by atomic mass is 16.3. The molecule has 0 aromatic rings. The number of amides is 1. The summed E-state index contributed by atoms with van der Waals surface area (Å²) in [5.41, 5.74) is 0. The SMILES string of the molecule is O=C(CO)N1CC[N]CC1. The van der Waals surface area contributed by atoms with Gasteiger partial charge in [-0.05, 0) is 0 Å². The van der Waals surface area contributed by atoms with Crippen molar-refractivity contribution in [3.05, 3.63) is 0 Å². The third-order valence-electron chi connectivity index (χ3n) is 1.54. The Kier molecular flexibility index (Phi) is 2.65. The first-order chi connectivity index (χ1) is 4.84. The fourth-order valence-electron chi connectivity index (χ4n) is 0.956. The molecule has 0 aromatic carbocycles. The number of carbonyl (C=O) groups excluding carboxylic acids is 1. The lowest BCUT2D eigenvalue weighted by atomic mass is 10.3. The van der Waals surface area contributed by atoms with E-state index in [9.17, 15) is 4.79 Å². The van der Waals surface area contributed by atoms with E-state index in [0.717, 1.165) is 0 Å². The number of aliphatic hydroxyl groups excluding tert-OH is 1. The zero-order valence-corrected chi connectivity index (χ0v) is 5.79. The molecule has 1 aliphatic heterocycles. The molecule has 0 bridgehead atoms. The van der Waals surface area contributed by atoms with E-state index in [1.807, 2.05) is 0 Å². The van der Waals surface area contributed by atoms with E-state index in [0.29, 0.717) is 26.2 Å². The van der Waals surface area contributed by atoms with Crippen LogP contribution in [0.4, 0.5) is 0 Å². The Morgan fingerprint density at radius 1 is 1.50 bits per heavy atom. The van der Waals surface area contributed by atoms with Crippen LogP contribution in [0.15, 0.2) is 0 Å². The number of hydrogen-bond acceptors (Lipinski definition) is 2. The zero-order valence-electron chi connectivity index (χ0n) is 5.79. The van der Waals surface area contributed by atoms with E-state index in [4.69, 9.17) is 5.11 Å². The molecule has 1 fully saturated rings. The first-order valence-corrected chi connectivity index (χ1v) is 3.36. The Morgan fingerprint density at radius 2 is 2.10 bits per heavy atom. The summed E-state index contributed by atoms with van der Waals surface area (Å²) in [5.74, 6) is -0.185. The maximum atomic E-state index is 10.8. The average Bonchev–Trinajstić information content (AvgIpc) is 2.05. The van der Waals surface area contributed by atoms with Crippen LogP contribution in [0.2, 0.25) is 0 Å². The Balaban J connectivity index is 2.31. The van der Waals surface area contributed by atoms with Crippen molar-refractivity contribution in [1.29, 1.82) is 0 Å². The molecule has 1 aliphatic rings. The van der Waals surface area contributed by atoms with E-state index >= 15 is 0 Å². The molecule has 1 saturated heterocycles. The van der Waals surface area contributed by atoms with Crippen LogP contribution >= 0.6 is 0 Å². The van der Waals surface area contributed by atoms with Crippen LogP contribution in [-0.4, -0.2) is 48.7 Å². The minimum absolute atomic E-state index is 0.185. The maximum Gasteiger partial charge on any atom is 0.248 e. The van der Waals surface area contributed by atoms with Gasteiger partial charge >= 0.3 is 0 Å². The van der Waals surface area contributed by atoms with Crippen molar-refractivity contribution >= 4 is 5.91 Å². The van der Waals surface area contributed by atoms with E-state index in [1.165, 1.54) is 0 Å². The number of aliphatic hydroxyl groups is 1. The number of piperazine rings is 1. The lowest BCUT2D eigenvalue weighted by Crippen LogP contribution is -2.44. The van der Waals surface area contributed by atoms with Crippen molar-refractivity contribution in [3.63, 3.8) is 0 Å². The van der Waals surface area contributed by atoms with Crippen LogP contribution in [0.5, 0.6) is 0 Å². The monoisotopic (exact) mass is 143 g/mol. The highest BCUT2D eigenvalue weighted by Crippen LogP contribution is 1.92. The fourth-order valence-corrected chi connectivity index (χ4v) is 0.956. The number of carbonyl (C=O) groups is 1. The standard InChI is InChI=1S/C6H11N2O2/c9-5-6(10)8-3-1-7-2-4-8/h9H,1-5H2. The molecule has 0 aliphatic carbocycles. The third kappa shape index (κ3) is 1.68. The number of nitrogens with zero attached hydrogens (tertiary/aromatic N) is 2. The van der Waals surface area contributed by atoms with Crippen molar-refractivity contribution in [1.82, 2.24) is 10.2 Å². The molecule has 1 rings (SSSR count). The highest BCUT2D eigenvalue weighted by molar-refractivity contribution is 5.77. The fraction of sp³-hybridized carbons (Fsp3) is 0.833. The first-order valence-electron chi connectivity index (χ1n) is 3.36. The zero-order chi connectivity index (χ0) is 7.40. The molecule has 1 heterocycles. The summed E-state index contributed by atoms with van der Waals surface area (Å²) in [4.78, 5) is 12.4. The molecule has 1 radical (unpaired) electrons. The van der Waals surface area contributed by atoms with E-state index in [1.54, 1.807) is 4.90 Å². The Morgan fingerprint density at radius 3 is 2.60 bits per heavy atom. The third-order valence-corrected chi connectivity index (χ3v) is 1.54. The quantitative estimate of drug-likeness (QED) is 0.482. The predicted octanol–water partition coefficient (Wildman–Crippen LogP) is -1.57. The van der Waals surface area contributed by atoms with Gasteiger partial charge in [0.05, 0.1) is 0 Å². The topological polar surface area (TPSA) is 54.6 Å². The second-order valence-corrected chi connectivity index (χ2v) is 2.21. The molecule has 0 aromatic heterocycles. The van der Waals surface area contributed by atoms with Crippen molar-refractivity contribution in [2.75, 3.05) is 32.8 Å². The van der Waals surface area contributed by atoms with Gasteiger partial charge in [0.25, 0.3) is 0 Å². The van der Waals surface area contributed by atoms with Gasteiger partial charge in [-0.25, -0.2) is 5.32 Å². The van der Waals surface area contributed by atoms with E-state index in [-0.39, 0.29) is 12.5 Å². The molecular weight excluding hydrogens is 132 g/mol. The second kappa shape index (κ2) is 3.53. The summed E-state index contributed by atoms with van der Waals surface area (Å²) in [5, 5.41) is 12.5. The van der Waals surface area contributed by atoms with E-state index < -0.39 is 0 Å². The van der Waals surface area contributed by atoms with Crippen molar-refractivity contribution in [2.24, 2.45) is 0 Å². The van der Waals surface area contributed by atoms with Crippen LogP contribution in [-0.2, 0) is 4.79 Å². The molecule has 1 amide bonds. The minimum Gasteiger partial charge on any atom is -0.387 e. The van der Waals surface area contributed by atoms with Crippen LogP contribution in [0.25, 0.3) is 0 Å². The lowest BCUT2D eigenvalue weighted by Gasteiger charge is -2.25. The Labute approximate surface area is 59.8 Å². The molecule has 0 atom stereocenters. The van der Waals surface area contributed by atoms with Crippen LogP contribution < -0.4 is 5.32 Å². The Bertz CT molecular complexity index is 121. The summed E-state index contributed by atoms with van der Waals surface area (Å²) in [6.07, 6.45) is 0. The van der Waals surface area contributed by atoms with Gasteiger partial charge in [0.1, 0.15) is 6.61 Å². The maximum absolute atomic E-state index is 10.8. The van der Waals surface area contributed by atoms with Gasteiger partial charge in [0, 0.05) is 26.2 Å². The van der Waals surface area contributed by atoms with Gasteiger partial charge in [0.15, 0.2) is 0 Å². The van der Waals surface area contributed by atoms with E-state index in [2.05, 4.69) is 5.32 Å². The summed E-state index contributed by atoms with van der Waals surface area (Å²) in [7, 11) is 0. The molecule has 0 saturated carbocycles. The summed E-state index contributed by atoms with van der Waals surface area (Å²) >= 11 is 0. The predicted molar refractivity (Wildman–Crippen MR) is 35.5 cm³/mol. The summed E-state index contributed by atoms with van der Waals surface area (Å²) in [6.45, 7) is 2.39. The molecular formula is C6H11N2O2. The first kappa shape index (κ1) is 7.50. The molecule has 0 unspecified atom stereocenters. The molecule has 4 heteroatoms. The van der Waals surface area contributed by atoms with Crippen molar-refractivity contribution in [3.8, 4) is 0 Å². The molecule has 10 heavy (non-hydrogen) atoms. The molecule has 0 spiro atoms. The Hall–Kier alpha value is -0.610. The average molecular weight is 143 g/mol. The lowest BCUT2D eigenvalue weighted by molar-refractivity contribution is -0.134. The minimum atomic E-state index is -0.375. The normalized spacial score (nSPS) is 19.1. The van der Waals surface area contributed by atoms with Crippen molar-refractivity contribution < 1.29 is 9.90 Å². The van der Waals surface area contributed by atoms with Gasteiger partial charge in [-0.1, -0.05) is 0 Å². The second-order valence-electron chi connectivity index (χ2n) is 2.21. The largest absolute Gasteiger partial charge is 0.387 e. The number of hydrogen-bond donors (Lipinski definition) is 1. The molecule has 4 nitrogen and oxygen atoms in total. The molecule has 1 N–H and O–H groups in total. The van der Waals surface area contributed by atoms with Gasteiger partial charge in [-0.15, -0.1) is 0 Å². The van der Waals surface area contributed by atoms with Crippen LogP contribution in [0.1, 0.15) is 0 Å². The summed E-state index contributed by atoms with van der Waals surface area (Å²) in [6, 6.07) is 0. The van der Waals surface area contributed by atoms with Crippen LogP contribution in [0.3, 0.4) is 0 Å². The van der Waals surface area contributed by atoms with Crippen molar-refractivity contribution in [2.45, 2.75) is 0 Å².